The second-order valence-electron chi connectivity index (χ2n) is 6.84. The smallest absolute Gasteiger partial charge is 0.330 e. The van der Waals surface area contributed by atoms with Crippen molar-refractivity contribution < 1.29 is 23.9 Å². The van der Waals surface area contributed by atoms with Gasteiger partial charge in [0.1, 0.15) is 12.4 Å². The molecule has 2 aliphatic rings. The van der Waals surface area contributed by atoms with Gasteiger partial charge in [0, 0.05) is 34.6 Å². The van der Waals surface area contributed by atoms with Crippen LogP contribution in [0.5, 0.6) is 5.75 Å². The number of halogens is 1. The quantitative estimate of drug-likeness (QED) is 0.479. The molecule has 0 saturated carbocycles. The summed E-state index contributed by atoms with van der Waals surface area (Å²) in [5.41, 5.74) is 1.28. The molecule has 154 valence electrons. The van der Waals surface area contributed by atoms with Crippen molar-refractivity contribution in [2.75, 3.05) is 19.8 Å². The number of ether oxygens (including phenoxy) is 2. The average Bonchev–Trinajstić information content (AvgIpc) is 3.10. The van der Waals surface area contributed by atoms with Crippen molar-refractivity contribution in [1.82, 2.24) is 10.6 Å². The molecule has 1 aromatic rings. The summed E-state index contributed by atoms with van der Waals surface area (Å²) >= 11 is 3.41. The van der Waals surface area contributed by atoms with Crippen molar-refractivity contribution in [3.05, 3.63) is 46.0 Å². The van der Waals surface area contributed by atoms with Gasteiger partial charge < -0.3 is 20.1 Å². The summed E-state index contributed by atoms with van der Waals surface area (Å²) in [7, 11) is 0. The number of hydrogen-bond acceptors (Lipinski definition) is 5. The zero-order valence-corrected chi connectivity index (χ0v) is 17.7. The van der Waals surface area contributed by atoms with Crippen molar-refractivity contribution in [3.63, 3.8) is 0 Å². The Morgan fingerprint density at radius 2 is 2.28 bits per heavy atom. The predicted octanol–water partition coefficient (Wildman–Crippen LogP) is 2.36. The van der Waals surface area contributed by atoms with Gasteiger partial charge in [0.25, 0.3) is 5.91 Å². The second-order valence-corrected chi connectivity index (χ2v) is 7.76. The summed E-state index contributed by atoms with van der Waals surface area (Å²) < 4.78 is 11.5. The predicted molar refractivity (Wildman–Crippen MR) is 111 cm³/mol. The first-order valence-corrected chi connectivity index (χ1v) is 10.3. The van der Waals surface area contributed by atoms with Crippen molar-refractivity contribution in [2.24, 2.45) is 5.92 Å². The molecule has 2 amide bonds. The maximum Gasteiger partial charge on any atom is 0.330 e. The Morgan fingerprint density at radius 3 is 3.00 bits per heavy atom. The number of carbonyl (C=O) groups is 3. The highest BCUT2D eigenvalue weighted by molar-refractivity contribution is 9.10. The minimum Gasteiger partial charge on any atom is -0.488 e. The standard InChI is InChI=1S/C21H23BrN2O5/c1-2-28-19(25)6-4-17(11-13-7-8-23-20(13)26)24-21(27)15-9-14-10-16(22)3-5-18(14)29-12-15/h3-6,9-10,13,17H,2,7-8,11-12H2,1H3,(H,23,26)(H,24,27)/b6-4+/t13-,17+/m0/s1. The molecule has 0 radical (unpaired) electrons. The number of carbonyl (C=O) groups excluding carboxylic acids is 3. The van der Waals surface area contributed by atoms with Crippen molar-refractivity contribution in [3.8, 4) is 5.75 Å². The molecular weight excluding hydrogens is 440 g/mol. The first-order valence-electron chi connectivity index (χ1n) is 9.52. The van der Waals surface area contributed by atoms with Gasteiger partial charge in [0.15, 0.2) is 0 Å². The highest BCUT2D eigenvalue weighted by Gasteiger charge is 2.28. The van der Waals surface area contributed by atoms with E-state index in [2.05, 4.69) is 26.6 Å². The number of rotatable bonds is 7. The summed E-state index contributed by atoms with van der Waals surface area (Å²) in [6.45, 7) is 2.76. The molecule has 3 rings (SSSR count). The lowest BCUT2D eigenvalue weighted by Gasteiger charge is -2.21. The lowest BCUT2D eigenvalue weighted by molar-refractivity contribution is -0.137. The van der Waals surface area contributed by atoms with E-state index in [1.165, 1.54) is 6.08 Å². The summed E-state index contributed by atoms with van der Waals surface area (Å²) in [6.07, 6.45) is 5.76. The SMILES string of the molecule is CCOC(=O)/C=C/[C@H](C[C@@H]1CCNC1=O)NC(=O)C1=Cc2cc(Br)ccc2OC1. The summed E-state index contributed by atoms with van der Waals surface area (Å²) in [5, 5.41) is 5.69. The first-order chi connectivity index (χ1) is 14.0. The van der Waals surface area contributed by atoms with E-state index in [4.69, 9.17) is 9.47 Å². The van der Waals surface area contributed by atoms with Crippen LogP contribution in [0.2, 0.25) is 0 Å². The average molecular weight is 463 g/mol. The fraction of sp³-hybridized carbons (Fsp3) is 0.381. The fourth-order valence-corrected chi connectivity index (χ4v) is 3.67. The monoisotopic (exact) mass is 462 g/mol. The Labute approximate surface area is 177 Å². The van der Waals surface area contributed by atoms with Crippen LogP contribution in [0.25, 0.3) is 6.08 Å². The van der Waals surface area contributed by atoms with Gasteiger partial charge in [-0.2, -0.15) is 0 Å². The fourth-order valence-electron chi connectivity index (χ4n) is 3.29. The van der Waals surface area contributed by atoms with Crippen LogP contribution in [0.15, 0.2) is 40.4 Å². The third kappa shape index (κ3) is 5.69. The van der Waals surface area contributed by atoms with E-state index in [0.717, 1.165) is 10.0 Å². The molecule has 1 saturated heterocycles. The van der Waals surface area contributed by atoms with E-state index in [1.54, 1.807) is 19.1 Å². The van der Waals surface area contributed by atoms with Crippen molar-refractivity contribution >= 4 is 39.8 Å². The molecule has 8 heteroatoms. The van der Waals surface area contributed by atoms with Crippen LogP contribution < -0.4 is 15.4 Å². The Bertz CT molecular complexity index is 865. The maximum absolute atomic E-state index is 12.8. The van der Waals surface area contributed by atoms with Crippen LogP contribution in [0.4, 0.5) is 0 Å². The minimum atomic E-state index is -0.485. The van der Waals surface area contributed by atoms with Gasteiger partial charge in [-0.1, -0.05) is 22.0 Å². The summed E-state index contributed by atoms with van der Waals surface area (Å²) in [4.78, 5) is 36.4. The molecule has 1 aromatic carbocycles. The Hall–Kier alpha value is -2.61. The summed E-state index contributed by atoms with van der Waals surface area (Å²) in [5.74, 6) is -0.312. The normalized spacial score (nSPS) is 19.0. The van der Waals surface area contributed by atoms with Gasteiger partial charge in [-0.25, -0.2) is 4.79 Å². The van der Waals surface area contributed by atoms with Gasteiger partial charge in [0.05, 0.1) is 12.2 Å². The van der Waals surface area contributed by atoms with E-state index in [0.29, 0.717) is 30.7 Å². The number of nitrogens with one attached hydrogen (secondary N) is 2. The van der Waals surface area contributed by atoms with E-state index < -0.39 is 12.0 Å². The van der Waals surface area contributed by atoms with Crippen LogP contribution in [-0.4, -0.2) is 43.6 Å². The van der Waals surface area contributed by atoms with Crippen LogP contribution >= 0.6 is 15.9 Å². The van der Waals surface area contributed by atoms with E-state index in [1.807, 2.05) is 18.2 Å². The Morgan fingerprint density at radius 1 is 1.45 bits per heavy atom. The highest BCUT2D eigenvalue weighted by atomic mass is 79.9. The highest BCUT2D eigenvalue weighted by Crippen LogP contribution is 2.29. The molecule has 1 fully saturated rings. The molecule has 0 spiro atoms. The van der Waals surface area contributed by atoms with Gasteiger partial charge in [-0.05, 0) is 44.0 Å². The Kier molecular flexibility index (Phi) is 7.09. The van der Waals surface area contributed by atoms with E-state index in [-0.39, 0.29) is 30.9 Å². The van der Waals surface area contributed by atoms with E-state index in [9.17, 15) is 14.4 Å². The van der Waals surface area contributed by atoms with Gasteiger partial charge >= 0.3 is 5.97 Å². The van der Waals surface area contributed by atoms with Gasteiger partial charge in [-0.3, -0.25) is 9.59 Å². The molecule has 2 aliphatic heterocycles. The van der Waals surface area contributed by atoms with Crippen molar-refractivity contribution in [1.29, 1.82) is 0 Å². The zero-order valence-electron chi connectivity index (χ0n) is 16.1. The zero-order chi connectivity index (χ0) is 20.8. The molecule has 2 N–H and O–H groups in total. The molecule has 0 aromatic heterocycles. The van der Waals surface area contributed by atoms with Crippen LogP contribution in [0.3, 0.4) is 0 Å². The molecule has 7 nitrogen and oxygen atoms in total. The topological polar surface area (TPSA) is 93.7 Å². The van der Waals surface area contributed by atoms with Crippen LogP contribution in [0, 0.1) is 5.92 Å². The molecule has 0 bridgehead atoms. The van der Waals surface area contributed by atoms with Crippen molar-refractivity contribution in [2.45, 2.75) is 25.8 Å². The molecule has 2 heterocycles. The van der Waals surface area contributed by atoms with E-state index >= 15 is 0 Å². The number of fused-ring (bicyclic) bond motifs is 1. The lowest BCUT2D eigenvalue weighted by Crippen LogP contribution is -2.38. The first kappa shape index (κ1) is 21.1. The number of esters is 1. The van der Waals surface area contributed by atoms with Crippen LogP contribution in [0.1, 0.15) is 25.3 Å². The molecule has 0 aliphatic carbocycles. The van der Waals surface area contributed by atoms with Gasteiger partial charge in [-0.15, -0.1) is 0 Å². The number of benzene rings is 1. The minimum absolute atomic E-state index is 0.0345. The molecule has 2 atom stereocenters. The summed E-state index contributed by atoms with van der Waals surface area (Å²) in [6, 6.07) is 5.11. The lowest BCUT2D eigenvalue weighted by atomic mass is 9.97. The third-order valence-electron chi connectivity index (χ3n) is 4.75. The number of hydrogen-bond donors (Lipinski definition) is 2. The third-order valence-corrected chi connectivity index (χ3v) is 5.24. The maximum atomic E-state index is 12.8. The van der Waals surface area contributed by atoms with Crippen LogP contribution in [-0.2, 0) is 19.1 Å². The molecular formula is C21H23BrN2O5. The largest absolute Gasteiger partial charge is 0.488 e. The second kappa shape index (κ2) is 9.73. The Balaban J connectivity index is 1.72. The van der Waals surface area contributed by atoms with Gasteiger partial charge in [0.2, 0.25) is 5.91 Å². The number of amides is 2. The molecule has 0 unspecified atom stereocenters. The molecule has 29 heavy (non-hydrogen) atoms.